The number of para-hydroxylation sites is 1. The van der Waals surface area contributed by atoms with Gasteiger partial charge < -0.3 is 10.1 Å². The van der Waals surface area contributed by atoms with Crippen molar-refractivity contribution in [1.82, 2.24) is 14.8 Å². The van der Waals surface area contributed by atoms with Crippen LogP contribution in [0.5, 0.6) is 5.75 Å². The zero-order valence-corrected chi connectivity index (χ0v) is 20.1. The highest BCUT2D eigenvalue weighted by atomic mass is 32.2. The lowest BCUT2D eigenvalue weighted by Gasteiger charge is -2.19. The summed E-state index contributed by atoms with van der Waals surface area (Å²) in [6.07, 6.45) is 1.79. The van der Waals surface area contributed by atoms with Crippen molar-refractivity contribution in [3.63, 3.8) is 0 Å². The van der Waals surface area contributed by atoms with Crippen molar-refractivity contribution in [3.8, 4) is 17.1 Å². The molecule has 0 aliphatic heterocycles. The van der Waals surface area contributed by atoms with Gasteiger partial charge in [0, 0.05) is 12.2 Å². The number of allylic oxidation sites excluding steroid dienone is 1. The summed E-state index contributed by atoms with van der Waals surface area (Å²) in [7, 11) is 1.63. The normalized spacial score (nSPS) is 12.3. The summed E-state index contributed by atoms with van der Waals surface area (Å²) < 4.78 is 7.42. The van der Waals surface area contributed by atoms with E-state index >= 15 is 0 Å². The van der Waals surface area contributed by atoms with Crippen LogP contribution in [-0.4, -0.2) is 33.0 Å². The number of hydrogen-bond donors (Lipinski definition) is 1. The first kappa shape index (κ1) is 23.6. The van der Waals surface area contributed by atoms with E-state index in [4.69, 9.17) is 4.74 Å². The van der Waals surface area contributed by atoms with Crippen LogP contribution in [0.4, 0.5) is 5.69 Å². The van der Waals surface area contributed by atoms with Crippen LogP contribution in [0.25, 0.3) is 11.4 Å². The first-order valence-corrected chi connectivity index (χ1v) is 11.4. The largest absolute Gasteiger partial charge is 0.496 e. The number of methoxy groups -OCH3 is 1. The number of amides is 1. The van der Waals surface area contributed by atoms with E-state index < -0.39 is 0 Å². The van der Waals surface area contributed by atoms with Crippen LogP contribution in [0.3, 0.4) is 0 Å². The Bertz CT molecular complexity index is 1080. The van der Waals surface area contributed by atoms with E-state index in [1.54, 1.807) is 13.2 Å². The molecule has 0 saturated heterocycles. The standard InChI is InChI=1S/C25H30N4O2S/c1-7-16-29-22(20-10-8-9-11-21(20)31-6)27-28-24(29)32-17(2)23(30)26-19-14-12-18(13-15-19)25(3,4)5/h7-15,17H,1,16H2,2-6H3,(H,26,30). The molecule has 6 nitrogen and oxygen atoms in total. The van der Waals surface area contributed by atoms with Gasteiger partial charge in [0.1, 0.15) is 5.75 Å². The van der Waals surface area contributed by atoms with Gasteiger partial charge in [-0.3, -0.25) is 9.36 Å². The maximum Gasteiger partial charge on any atom is 0.237 e. The van der Waals surface area contributed by atoms with E-state index in [1.807, 2.05) is 60.0 Å². The van der Waals surface area contributed by atoms with Gasteiger partial charge in [-0.2, -0.15) is 0 Å². The number of ether oxygens (including phenoxy) is 1. The molecule has 168 valence electrons. The zero-order chi connectivity index (χ0) is 23.3. The molecule has 1 heterocycles. The van der Waals surface area contributed by atoms with Gasteiger partial charge in [0.2, 0.25) is 5.91 Å². The minimum atomic E-state index is -0.365. The average molecular weight is 451 g/mol. The topological polar surface area (TPSA) is 69.0 Å². The molecule has 0 aliphatic rings. The molecule has 0 fully saturated rings. The Morgan fingerprint density at radius 2 is 1.88 bits per heavy atom. The summed E-state index contributed by atoms with van der Waals surface area (Å²) in [6, 6.07) is 15.6. The van der Waals surface area contributed by atoms with Crippen LogP contribution in [-0.2, 0) is 16.8 Å². The van der Waals surface area contributed by atoms with Crippen LogP contribution < -0.4 is 10.1 Å². The van der Waals surface area contributed by atoms with Crippen molar-refractivity contribution in [2.45, 2.75) is 50.1 Å². The fraction of sp³-hybridized carbons (Fsp3) is 0.320. The Labute approximate surface area is 194 Å². The molecule has 1 atom stereocenters. The summed E-state index contributed by atoms with van der Waals surface area (Å²) in [4.78, 5) is 12.8. The Kier molecular flexibility index (Phi) is 7.40. The number of hydrogen-bond acceptors (Lipinski definition) is 5. The number of carbonyl (C=O) groups is 1. The molecule has 3 rings (SSSR count). The maximum atomic E-state index is 12.8. The highest BCUT2D eigenvalue weighted by Gasteiger charge is 2.22. The summed E-state index contributed by atoms with van der Waals surface area (Å²) in [5.41, 5.74) is 2.91. The van der Waals surface area contributed by atoms with Crippen LogP contribution in [0.1, 0.15) is 33.3 Å². The lowest BCUT2D eigenvalue weighted by Crippen LogP contribution is -2.23. The second kappa shape index (κ2) is 10.0. The van der Waals surface area contributed by atoms with Crippen LogP contribution >= 0.6 is 11.8 Å². The van der Waals surface area contributed by atoms with Gasteiger partial charge in [-0.25, -0.2) is 0 Å². The van der Waals surface area contributed by atoms with Crippen molar-refractivity contribution in [1.29, 1.82) is 0 Å². The minimum absolute atomic E-state index is 0.0695. The second-order valence-electron chi connectivity index (χ2n) is 8.48. The Morgan fingerprint density at radius 1 is 1.19 bits per heavy atom. The number of rotatable bonds is 8. The molecule has 1 unspecified atom stereocenters. The molecule has 7 heteroatoms. The number of anilines is 1. The quantitative estimate of drug-likeness (QED) is 0.360. The number of benzene rings is 2. The third-order valence-corrected chi connectivity index (χ3v) is 6.13. The number of aromatic nitrogens is 3. The number of nitrogens with zero attached hydrogens (tertiary/aromatic N) is 3. The zero-order valence-electron chi connectivity index (χ0n) is 19.3. The van der Waals surface area contributed by atoms with Gasteiger partial charge in [0.15, 0.2) is 11.0 Å². The fourth-order valence-corrected chi connectivity index (χ4v) is 4.07. The van der Waals surface area contributed by atoms with Crippen molar-refractivity contribution in [2.75, 3.05) is 12.4 Å². The monoisotopic (exact) mass is 450 g/mol. The van der Waals surface area contributed by atoms with E-state index in [9.17, 15) is 4.79 Å². The van der Waals surface area contributed by atoms with Gasteiger partial charge in [0.25, 0.3) is 0 Å². The fourth-order valence-electron chi connectivity index (χ4n) is 3.21. The molecule has 1 amide bonds. The number of carbonyl (C=O) groups excluding carboxylic acids is 1. The lowest BCUT2D eigenvalue weighted by atomic mass is 9.87. The molecule has 0 saturated carbocycles. The summed E-state index contributed by atoms with van der Waals surface area (Å²) >= 11 is 1.36. The van der Waals surface area contributed by atoms with Gasteiger partial charge in [-0.1, -0.05) is 62.9 Å². The van der Waals surface area contributed by atoms with Gasteiger partial charge in [0.05, 0.1) is 17.9 Å². The van der Waals surface area contributed by atoms with Crippen molar-refractivity contribution in [2.24, 2.45) is 0 Å². The van der Waals surface area contributed by atoms with Crippen LogP contribution in [0.15, 0.2) is 66.3 Å². The van der Waals surface area contributed by atoms with E-state index in [-0.39, 0.29) is 16.6 Å². The van der Waals surface area contributed by atoms with Gasteiger partial charge in [-0.05, 0) is 42.2 Å². The molecule has 32 heavy (non-hydrogen) atoms. The molecule has 0 radical (unpaired) electrons. The van der Waals surface area contributed by atoms with Gasteiger partial charge in [-0.15, -0.1) is 16.8 Å². The predicted molar refractivity (Wildman–Crippen MR) is 131 cm³/mol. The molecule has 0 aliphatic carbocycles. The summed E-state index contributed by atoms with van der Waals surface area (Å²) in [5.74, 6) is 1.30. The summed E-state index contributed by atoms with van der Waals surface area (Å²) in [5, 5.41) is 12.0. The first-order chi connectivity index (χ1) is 15.2. The highest BCUT2D eigenvalue weighted by Crippen LogP contribution is 2.32. The molecule has 0 spiro atoms. The first-order valence-electron chi connectivity index (χ1n) is 10.5. The van der Waals surface area contributed by atoms with E-state index in [0.29, 0.717) is 23.3 Å². The molecule has 0 bridgehead atoms. The molecule has 3 aromatic rings. The Hall–Kier alpha value is -3.06. The van der Waals surface area contributed by atoms with Crippen LogP contribution in [0.2, 0.25) is 0 Å². The van der Waals surface area contributed by atoms with Crippen molar-refractivity contribution >= 4 is 23.4 Å². The highest BCUT2D eigenvalue weighted by molar-refractivity contribution is 8.00. The molecular formula is C25H30N4O2S. The SMILES string of the molecule is C=CCn1c(SC(C)C(=O)Nc2ccc(C(C)(C)C)cc2)nnc1-c1ccccc1OC. The number of nitrogens with one attached hydrogen (secondary N) is 1. The maximum absolute atomic E-state index is 12.8. The second-order valence-corrected chi connectivity index (χ2v) is 9.79. The average Bonchev–Trinajstić information content (AvgIpc) is 3.15. The van der Waals surface area contributed by atoms with E-state index in [2.05, 4.69) is 42.9 Å². The Morgan fingerprint density at radius 3 is 2.50 bits per heavy atom. The Balaban J connectivity index is 1.77. The molecule has 1 aromatic heterocycles. The van der Waals surface area contributed by atoms with E-state index in [0.717, 1.165) is 11.3 Å². The van der Waals surface area contributed by atoms with Crippen molar-refractivity contribution in [3.05, 3.63) is 66.7 Å². The third kappa shape index (κ3) is 5.40. The lowest BCUT2D eigenvalue weighted by molar-refractivity contribution is -0.115. The predicted octanol–water partition coefficient (Wildman–Crippen LogP) is 5.56. The number of thioether (sulfide) groups is 1. The van der Waals surface area contributed by atoms with E-state index in [1.165, 1.54) is 17.3 Å². The molecule has 2 aromatic carbocycles. The molecule has 1 N–H and O–H groups in total. The van der Waals surface area contributed by atoms with Crippen molar-refractivity contribution < 1.29 is 9.53 Å². The third-order valence-electron chi connectivity index (χ3n) is 5.05. The smallest absolute Gasteiger partial charge is 0.237 e. The van der Waals surface area contributed by atoms with Crippen LogP contribution in [0, 0.1) is 0 Å². The minimum Gasteiger partial charge on any atom is -0.496 e. The summed E-state index contributed by atoms with van der Waals surface area (Å²) in [6.45, 7) is 12.7. The molecular weight excluding hydrogens is 420 g/mol. The van der Waals surface area contributed by atoms with Gasteiger partial charge >= 0.3 is 0 Å².